The smallest absolute Gasteiger partial charge is 0.288 e. The van der Waals surface area contributed by atoms with Crippen molar-refractivity contribution in [2.75, 3.05) is 13.2 Å². The largest absolute Gasteiger partial charge is 0.483 e. The Morgan fingerprint density at radius 3 is 2.90 bits per heavy atom. The van der Waals surface area contributed by atoms with Gasteiger partial charge >= 0.3 is 0 Å². The van der Waals surface area contributed by atoms with Crippen LogP contribution in [0.5, 0.6) is 11.5 Å². The highest BCUT2D eigenvalue weighted by Crippen LogP contribution is 2.41. The van der Waals surface area contributed by atoms with E-state index in [0.717, 1.165) is 23.8 Å². The van der Waals surface area contributed by atoms with Gasteiger partial charge in [0.1, 0.15) is 17.2 Å². The first kappa shape index (κ1) is 20.5. The quantitative estimate of drug-likeness (QED) is 0.457. The van der Waals surface area contributed by atoms with Crippen LogP contribution >= 0.6 is 11.6 Å². The molecular weight excluding hydrogens is 396 g/mol. The molecule has 1 aliphatic heterocycles. The second kappa shape index (κ2) is 8.41. The number of rotatable bonds is 5. The number of ether oxygens (including phenoxy) is 2. The lowest BCUT2D eigenvalue weighted by atomic mass is 10.0. The highest BCUT2D eigenvalue weighted by atomic mass is 35.5. The average Bonchev–Trinajstić information content (AvgIpc) is 2.99. The first-order chi connectivity index (χ1) is 13.8. The molecule has 0 saturated heterocycles. The molecule has 1 N–H and O–H groups in total. The lowest BCUT2D eigenvalue weighted by Gasteiger charge is -2.17. The third kappa shape index (κ3) is 4.98. The zero-order valence-electron chi connectivity index (χ0n) is 16.0. The van der Waals surface area contributed by atoms with E-state index in [4.69, 9.17) is 21.1 Å². The highest BCUT2D eigenvalue weighted by molar-refractivity contribution is 6.32. The van der Waals surface area contributed by atoms with E-state index >= 15 is 0 Å². The topological polar surface area (TPSA) is 90.7 Å². The molecular formula is C21H19ClN2O5. The summed E-state index contributed by atoms with van der Waals surface area (Å²) in [5.74, 6) is 6.51. The number of amides is 1. The minimum Gasteiger partial charge on any atom is -0.483 e. The molecule has 0 radical (unpaired) electrons. The maximum Gasteiger partial charge on any atom is 0.288 e. The molecule has 2 aromatic carbocycles. The van der Waals surface area contributed by atoms with Crippen LogP contribution in [0.25, 0.3) is 0 Å². The van der Waals surface area contributed by atoms with Gasteiger partial charge < -0.3 is 14.8 Å². The summed E-state index contributed by atoms with van der Waals surface area (Å²) >= 11 is 5.74. The van der Waals surface area contributed by atoms with Crippen LogP contribution < -0.4 is 14.8 Å². The number of nitro benzene ring substituents is 1. The molecule has 0 fully saturated rings. The molecule has 0 aliphatic carbocycles. The van der Waals surface area contributed by atoms with E-state index in [-0.39, 0.29) is 35.0 Å². The summed E-state index contributed by atoms with van der Waals surface area (Å²) in [4.78, 5) is 22.3. The molecule has 1 aliphatic rings. The van der Waals surface area contributed by atoms with Crippen molar-refractivity contribution in [2.24, 2.45) is 0 Å². The minimum atomic E-state index is -0.637. The van der Waals surface area contributed by atoms with Gasteiger partial charge in [0.15, 0.2) is 11.5 Å². The number of benzene rings is 2. The fourth-order valence-electron chi connectivity index (χ4n) is 2.95. The Hall–Kier alpha value is -3.24. The molecule has 150 valence electrons. The second-order valence-corrected chi connectivity index (χ2v) is 7.44. The van der Waals surface area contributed by atoms with Crippen molar-refractivity contribution >= 4 is 23.2 Å². The number of carbonyl (C=O) groups is 1. The average molecular weight is 415 g/mol. The summed E-state index contributed by atoms with van der Waals surface area (Å²) in [7, 11) is 0. The molecule has 7 nitrogen and oxygen atoms in total. The van der Waals surface area contributed by atoms with Crippen molar-refractivity contribution in [2.45, 2.75) is 25.9 Å². The van der Waals surface area contributed by atoms with Crippen molar-refractivity contribution in [3.63, 3.8) is 0 Å². The van der Waals surface area contributed by atoms with Crippen LogP contribution in [0.3, 0.4) is 0 Å². The molecule has 1 heterocycles. The first-order valence-electron chi connectivity index (χ1n) is 8.88. The molecule has 0 saturated carbocycles. The van der Waals surface area contributed by atoms with Gasteiger partial charge in [0.2, 0.25) is 0 Å². The summed E-state index contributed by atoms with van der Waals surface area (Å²) in [5, 5.41) is 13.4. The highest BCUT2D eigenvalue weighted by Gasteiger charge is 2.32. The summed E-state index contributed by atoms with van der Waals surface area (Å²) in [6.07, 6.45) is 0.820. The number of halogens is 1. The molecule has 0 spiro atoms. The van der Waals surface area contributed by atoms with E-state index in [0.29, 0.717) is 5.75 Å². The maximum absolute atomic E-state index is 12.1. The first-order valence-corrected chi connectivity index (χ1v) is 9.26. The van der Waals surface area contributed by atoms with E-state index < -0.39 is 10.8 Å². The minimum absolute atomic E-state index is 0.0248. The van der Waals surface area contributed by atoms with Gasteiger partial charge in [-0.05, 0) is 32.0 Å². The third-order valence-corrected chi connectivity index (χ3v) is 4.54. The van der Waals surface area contributed by atoms with Gasteiger partial charge in [-0.2, -0.15) is 0 Å². The molecule has 0 unspecified atom stereocenters. The van der Waals surface area contributed by atoms with Gasteiger partial charge in [-0.15, -0.1) is 0 Å². The van der Waals surface area contributed by atoms with Crippen molar-refractivity contribution in [1.29, 1.82) is 0 Å². The number of nitrogens with one attached hydrogen (secondary N) is 1. The SMILES string of the molecule is CC1(C)Cc2cccc(OCC#CCNC(=O)c3ccc(Cl)c([N+](=O)[O-])c3)c2O1. The number of hydrogen-bond donors (Lipinski definition) is 1. The Morgan fingerprint density at radius 1 is 1.34 bits per heavy atom. The van der Waals surface area contributed by atoms with Crippen molar-refractivity contribution in [3.8, 4) is 23.3 Å². The molecule has 29 heavy (non-hydrogen) atoms. The van der Waals surface area contributed by atoms with Crippen molar-refractivity contribution < 1.29 is 19.2 Å². The monoisotopic (exact) mass is 414 g/mol. The lowest BCUT2D eigenvalue weighted by Crippen LogP contribution is -2.24. The Balaban J connectivity index is 1.51. The standard InChI is InChI=1S/C21H19ClN2O5/c1-21(2)13-15-6-5-7-18(19(15)29-21)28-11-4-3-10-23-20(25)14-8-9-16(22)17(12-14)24(26)27/h5-9,12H,10-11,13H2,1-2H3,(H,23,25). The summed E-state index contributed by atoms with van der Waals surface area (Å²) in [6, 6.07) is 9.62. The summed E-state index contributed by atoms with van der Waals surface area (Å²) < 4.78 is 11.6. The zero-order valence-corrected chi connectivity index (χ0v) is 16.7. The molecule has 0 bridgehead atoms. The fraction of sp³-hybridized carbons (Fsp3) is 0.286. The molecule has 1 amide bonds. The van der Waals surface area contributed by atoms with Crippen molar-refractivity contribution in [3.05, 3.63) is 62.7 Å². The Morgan fingerprint density at radius 2 is 2.14 bits per heavy atom. The number of hydrogen-bond acceptors (Lipinski definition) is 5. The molecule has 2 aromatic rings. The van der Waals surface area contributed by atoms with E-state index in [1.807, 2.05) is 32.0 Å². The van der Waals surface area contributed by atoms with Gasteiger partial charge in [0.05, 0.1) is 11.5 Å². The number of carbonyl (C=O) groups excluding carboxylic acids is 1. The predicted octanol–water partition coefficient (Wildman–Crippen LogP) is 3.77. The Bertz CT molecular complexity index is 1020. The van der Waals surface area contributed by atoms with E-state index in [1.54, 1.807) is 0 Å². The van der Waals surface area contributed by atoms with Crippen molar-refractivity contribution in [1.82, 2.24) is 5.32 Å². The number of para-hydroxylation sites is 1. The number of fused-ring (bicyclic) bond motifs is 1. The molecule has 3 rings (SSSR count). The third-order valence-electron chi connectivity index (χ3n) is 4.22. The molecule has 0 aromatic heterocycles. The van der Waals surface area contributed by atoms with Crippen LogP contribution in [-0.4, -0.2) is 29.6 Å². The van der Waals surface area contributed by atoms with Gasteiger partial charge in [-0.25, -0.2) is 0 Å². The predicted molar refractivity (Wildman–Crippen MR) is 109 cm³/mol. The van der Waals surface area contributed by atoms with Crippen LogP contribution in [-0.2, 0) is 6.42 Å². The van der Waals surface area contributed by atoms with Crippen LogP contribution in [0.1, 0.15) is 29.8 Å². The van der Waals surface area contributed by atoms with Crippen LogP contribution in [0.4, 0.5) is 5.69 Å². The fourth-order valence-corrected chi connectivity index (χ4v) is 3.14. The maximum atomic E-state index is 12.1. The van der Waals surface area contributed by atoms with Gasteiger partial charge in [-0.1, -0.05) is 35.6 Å². The van der Waals surface area contributed by atoms with Gasteiger partial charge in [0.25, 0.3) is 11.6 Å². The van der Waals surface area contributed by atoms with Crippen LogP contribution in [0.15, 0.2) is 36.4 Å². The summed E-state index contributed by atoms with van der Waals surface area (Å²) in [6.45, 7) is 4.26. The van der Waals surface area contributed by atoms with Crippen LogP contribution in [0.2, 0.25) is 5.02 Å². The Kier molecular flexibility index (Phi) is 5.95. The molecule has 8 heteroatoms. The van der Waals surface area contributed by atoms with E-state index in [1.165, 1.54) is 12.1 Å². The van der Waals surface area contributed by atoms with Crippen LogP contribution in [0, 0.1) is 22.0 Å². The lowest BCUT2D eigenvalue weighted by molar-refractivity contribution is -0.384. The van der Waals surface area contributed by atoms with E-state index in [9.17, 15) is 14.9 Å². The van der Waals surface area contributed by atoms with Gasteiger partial charge in [-0.3, -0.25) is 14.9 Å². The zero-order chi connectivity index (χ0) is 21.0. The normalized spacial score (nSPS) is 13.5. The Labute approximate surface area is 173 Å². The number of nitrogens with zero attached hydrogens (tertiary/aromatic N) is 1. The van der Waals surface area contributed by atoms with Gasteiger partial charge in [0, 0.05) is 23.6 Å². The van der Waals surface area contributed by atoms with E-state index in [2.05, 4.69) is 17.2 Å². The second-order valence-electron chi connectivity index (χ2n) is 7.03. The summed E-state index contributed by atoms with van der Waals surface area (Å²) in [5.41, 5.74) is 0.664. The molecule has 0 atom stereocenters. The number of nitro groups is 1.